The van der Waals surface area contributed by atoms with E-state index in [0.29, 0.717) is 12.8 Å². The van der Waals surface area contributed by atoms with E-state index < -0.39 is 12.2 Å². The SMILES string of the molecule is C=Cc1ccc(CCC(O)CC(C)O)cc1.[Ir].[c-]1c(-c2ccccn2)sc2ccccc12.[c-]1c(-c2ccccn2)sc2ccccc12. The van der Waals surface area contributed by atoms with Gasteiger partial charge in [-0.3, -0.25) is 0 Å². The summed E-state index contributed by atoms with van der Waals surface area (Å²) in [7, 11) is 0. The van der Waals surface area contributed by atoms with Gasteiger partial charge in [0.2, 0.25) is 0 Å². The summed E-state index contributed by atoms with van der Waals surface area (Å²) in [5.74, 6) is 0. The van der Waals surface area contributed by atoms with E-state index in [1.54, 1.807) is 29.6 Å². The van der Waals surface area contributed by atoms with Crippen LogP contribution in [0.3, 0.4) is 0 Å². The molecular formula is C40H36IrN2O2S2-2. The van der Waals surface area contributed by atoms with Crippen molar-refractivity contribution in [1.29, 1.82) is 0 Å². The minimum atomic E-state index is -0.432. The first kappa shape index (κ1) is 36.0. The van der Waals surface area contributed by atoms with Crippen molar-refractivity contribution in [2.24, 2.45) is 0 Å². The predicted molar refractivity (Wildman–Crippen MR) is 195 cm³/mol. The minimum absolute atomic E-state index is 0. The third-order valence-electron chi connectivity index (χ3n) is 7.08. The number of hydrogen-bond donors (Lipinski definition) is 2. The zero-order valence-corrected chi connectivity index (χ0v) is 30.1. The van der Waals surface area contributed by atoms with Gasteiger partial charge in [-0.05, 0) is 68.6 Å². The van der Waals surface area contributed by atoms with E-state index >= 15 is 0 Å². The quantitative estimate of drug-likeness (QED) is 0.150. The van der Waals surface area contributed by atoms with Gasteiger partial charge in [0.1, 0.15) is 0 Å². The van der Waals surface area contributed by atoms with E-state index in [-0.39, 0.29) is 20.1 Å². The number of aliphatic hydroxyl groups excluding tert-OH is 2. The molecule has 0 bridgehead atoms. The molecule has 2 N–H and O–H groups in total. The average molecular weight is 833 g/mol. The maximum absolute atomic E-state index is 9.61. The van der Waals surface area contributed by atoms with Crippen LogP contribution in [0.15, 0.2) is 128 Å². The Labute approximate surface area is 298 Å². The van der Waals surface area contributed by atoms with Crippen LogP contribution in [0.2, 0.25) is 0 Å². The van der Waals surface area contributed by atoms with E-state index in [1.165, 1.54) is 25.7 Å². The van der Waals surface area contributed by atoms with E-state index in [2.05, 4.69) is 65.1 Å². The van der Waals surface area contributed by atoms with Gasteiger partial charge in [0.25, 0.3) is 0 Å². The fourth-order valence-electron chi connectivity index (χ4n) is 4.73. The number of benzene rings is 3. The summed E-state index contributed by atoms with van der Waals surface area (Å²) in [5.41, 5.74) is 4.31. The van der Waals surface area contributed by atoms with Gasteiger partial charge >= 0.3 is 0 Å². The number of aromatic nitrogens is 2. The maximum atomic E-state index is 9.61. The number of hydrogen-bond acceptors (Lipinski definition) is 6. The number of rotatable bonds is 8. The first-order valence-electron chi connectivity index (χ1n) is 15.2. The number of thiophene rings is 2. The molecule has 0 aliphatic heterocycles. The molecule has 47 heavy (non-hydrogen) atoms. The molecule has 4 nitrogen and oxygen atoms in total. The molecule has 0 aliphatic carbocycles. The Morgan fingerprint density at radius 3 is 1.62 bits per heavy atom. The summed E-state index contributed by atoms with van der Waals surface area (Å²) in [4.78, 5) is 10.9. The second-order valence-electron chi connectivity index (χ2n) is 10.8. The van der Waals surface area contributed by atoms with E-state index in [1.807, 2.05) is 91.3 Å². The van der Waals surface area contributed by atoms with Crippen LogP contribution in [-0.4, -0.2) is 32.4 Å². The molecule has 7 aromatic rings. The number of fused-ring (bicyclic) bond motifs is 2. The molecule has 0 amide bonds. The van der Waals surface area contributed by atoms with Crippen LogP contribution in [0.1, 0.15) is 30.9 Å². The Kier molecular flexibility index (Phi) is 14.2. The van der Waals surface area contributed by atoms with Gasteiger partial charge in [0.15, 0.2) is 0 Å². The van der Waals surface area contributed by atoms with Crippen LogP contribution in [0, 0.1) is 12.1 Å². The van der Waals surface area contributed by atoms with Crippen molar-refractivity contribution in [2.45, 2.75) is 38.4 Å². The van der Waals surface area contributed by atoms with Gasteiger partial charge in [-0.1, -0.05) is 85.5 Å². The molecule has 2 unspecified atom stereocenters. The molecule has 0 saturated heterocycles. The minimum Gasteiger partial charge on any atom is -0.393 e. The van der Waals surface area contributed by atoms with E-state index in [4.69, 9.17) is 5.11 Å². The van der Waals surface area contributed by atoms with Gasteiger partial charge in [0, 0.05) is 43.9 Å². The Morgan fingerprint density at radius 2 is 1.19 bits per heavy atom. The first-order chi connectivity index (χ1) is 22.5. The first-order valence-corrected chi connectivity index (χ1v) is 16.8. The van der Waals surface area contributed by atoms with Gasteiger partial charge in [-0.2, -0.15) is 0 Å². The summed E-state index contributed by atoms with van der Waals surface area (Å²) >= 11 is 3.46. The van der Waals surface area contributed by atoms with Crippen LogP contribution in [-0.2, 0) is 26.5 Å². The molecule has 7 rings (SSSR count). The number of aliphatic hydroxyl groups is 2. The van der Waals surface area contributed by atoms with Crippen LogP contribution >= 0.6 is 22.7 Å². The zero-order valence-electron chi connectivity index (χ0n) is 26.0. The van der Waals surface area contributed by atoms with E-state index in [0.717, 1.165) is 33.1 Å². The number of aryl methyl sites for hydroxylation is 1. The molecule has 2 atom stereocenters. The smallest absolute Gasteiger partial charge is 0.0567 e. The molecule has 0 spiro atoms. The second-order valence-corrected chi connectivity index (χ2v) is 12.9. The monoisotopic (exact) mass is 833 g/mol. The van der Waals surface area contributed by atoms with Crippen molar-refractivity contribution in [3.8, 4) is 21.1 Å². The van der Waals surface area contributed by atoms with Gasteiger partial charge in [0.05, 0.1) is 12.2 Å². The Hall–Kier alpha value is -3.81. The molecule has 1 radical (unpaired) electrons. The van der Waals surface area contributed by atoms with Crippen molar-refractivity contribution in [3.63, 3.8) is 0 Å². The summed E-state index contributed by atoms with van der Waals surface area (Å²) in [6.07, 6.45) is 6.57. The van der Waals surface area contributed by atoms with Crippen LogP contribution in [0.5, 0.6) is 0 Å². The van der Waals surface area contributed by atoms with Crippen molar-refractivity contribution >= 4 is 48.9 Å². The van der Waals surface area contributed by atoms with Gasteiger partial charge in [-0.15, -0.1) is 47.2 Å². The zero-order chi connectivity index (χ0) is 32.1. The summed E-state index contributed by atoms with van der Waals surface area (Å²) in [6, 6.07) is 43.3. The Balaban J connectivity index is 0.000000158. The number of nitrogens with zero attached hydrogens (tertiary/aromatic N) is 2. The van der Waals surface area contributed by atoms with Crippen molar-refractivity contribution < 1.29 is 30.3 Å². The summed E-state index contributed by atoms with van der Waals surface area (Å²) in [5, 5.41) is 21.1. The van der Waals surface area contributed by atoms with Crippen LogP contribution in [0.4, 0.5) is 0 Å². The third kappa shape index (κ3) is 10.9. The van der Waals surface area contributed by atoms with Gasteiger partial charge < -0.3 is 20.2 Å². The van der Waals surface area contributed by atoms with E-state index in [9.17, 15) is 5.11 Å². The molecule has 241 valence electrons. The molecule has 7 heteroatoms. The third-order valence-corrected chi connectivity index (χ3v) is 9.27. The summed E-state index contributed by atoms with van der Waals surface area (Å²) in [6.45, 7) is 5.40. The standard InChI is InChI=1S/C14H20O2.2C13H8NS.Ir/c1-3-12-4-6-13(7-5-12)8-9-14(16)10-11(2)15;2*1-2-7-12-10(5-1)9-13(15-12)11-6-3-4-8-14-11;/h3-7,11,14-16H,1,8-10H2,2H3;2*1-8H;/q;2*-1;. The molecular weight excluding hydrogens is 797 g/mol. The predicted octanol–water partition coefficient (Wildman–Crippen LogP) is 9.92. The number of pyridine rings is 2. The molecule has 0 fully saturated rings. The topological polar surface area (TPSA) is 66.2 Å². The van der Waals surface area contributed by atoms with Crippen LogP contribution in [0.25, 0.3) is 47.4 Å². The Bertz CT molecular complexity index is 1760. The molecule has 4 aromatic heterocycles. The molecule has 3 aromatic carbocycles. The largest absolute Gasteiger partial charge is 0.393 e. The fourth-order valence-corrected chi connectivity index (χ4v) is 6.69. The van der Waals surface area contributed by atoms with Gasteiger partial charge in [-0.25, -0.2) is 22.7 Å². The van der Waals surface area contributed by atoms with Crippen molar-refractivity contribution in [1.82, 2.24) is 9.97 Å². The molecule has 4 heterocycles. The maximum Gasteiger partial charge on any atom is 0.0567 e. The molecule has 0 aliphatic rings. The van der Waals surface area contributed by atoms with Crippen molar-refractivity contribution in [3.05, 3.63) is 151 Å². The Morgan fingerprint density at radius 1 is 0.702 bits per heavy atom. The fraction of sp³-hybridized carbons (Fsp3) is 0.150. The molecule has 0 saturated carbocycles. The normalized spacial score (nSPS) is 11.7. The van der Waals surface area contributed by atoms with Crippen molar-refractivity contribution in [2.75, 3.05) is 0 Å². The average Bonchev–Trinajstić information content (AvgIpc) is 3.74. The second kappa shape index (κ2) is 18.5. The summed E-state index contributed by atoms with van der Waals surface area (Å²) < 4.78 is 2.52. The van der Waals surface area contributed by atoms with Crippen LogP contribution < -0.4 is 0 Å².